The number of nitrogens with zero attached hydrogens (tertiary/aromatic N) is 2. The molecule has 6 heteroatoms. The molecule has 25 heavy (non-hydrogen) atoms. The normalized spacial score (nSPS) is 16.6. The van der Waals surface area contributed by atoms with Gasteiger partial charge in [-0.2, -0.15) is 5.26 Å². The number of anilines is 1. The molecule has 1 aliphatic heterocycles. The van der Waals surface area contributed by atoms with Gasteiger partial charge in [0, 0.05) is 25.3 Å². The smallest absolute Gasteiger partial charge is 0.262 e. The molecule has 1 fully saturated rings. The second-order valence-corrected chi connectivity index (χ2v) is 6.25. The molecule has 1 unspecified atom stereocenters. The second-order valence-electron chi connectivity index (χ2n) is 6.25. The second kappa shape index (κ2) is 9.21. The first-order valence-electron chi connectivity index (χ1n) is 8.60. The van der Waals surface area contributed by atoms with Gasteiger partial charge in [0.2, 0.25) is 0 Å². The minimum absolute atomic E-state index is 0.0101. The topological polar surface area (TPSA) is 96.6 Å². The molecular weight excluding hydrogens is 318 g/mol. The van der Waals surface area contributed by atoms with Crippen LogP contribution in [-0.4, -0.2) is 48.5 Å². The number of allylic oxidation sites excluding steroid dienone is 1. The van der Waals surface area contributed by atoms with Crippen LogP contribution in [0, 0.1) is 11.3 Å². The Morgan fingerprint density at radius 3 is 2.48 bits per heavy atom. The van der Waals surface area contributed by atoms with Gasteiger partial charge in [0.05, 0.1) is 12.7 Å². The molecule has 0 aromatic heterocycles. The van der Waals surface area contributed by atoms with E-state index < -0.39 is 18.6 Å². The van der Waals surface area contributed by atoms with Crippen LogP contribution in [0.5, 0.6) is 0 Å². The summed E-state index contributed by atoms with van der Waals surface area (Å²) in [6.45, 7) is 3.32. The summed E-state index contributed by atoms with van der Waals surface area (Å²) in [6.07, 6.45) is 2.66. The van der Waals surface area contributed by atoms with Crippen LogP contribution in [0.3, 0.4) is 0 Å². The molecule has 1 saturated heterocycles. The quantitative estimate of drug-likeness (QED) is 0.536. The van der Waals surface area contributed by atoms with E-state index in [0.717, 1.165) is 24.3 Å². The number of carbonyl (C=O) groups is 1. The number of hydrogen-bond acceptors (Lipinski definition) is 5. The Kier molecular flexibility index (Phi) is 6.99. The number of amides is 1. The lowest BCUT2D eigenvalue weighted by Crippen LogP contribution is -2.34. The maximum absolute atomic E-state index is 12.1. The third-order valence-electron chi connectivity index (χ3n) is 4.44. The van der Waals surface area contributed by atoms with E-state index in [1.54, 1.807) is 6.92 Å². The summed E-state index contributed by atoms with van der Waals surface area (Å²) in [5.74, 6) is -0.549. The van der Waals surface area contributed by atoms with Crippen LogP contribution >= 0.6 is 0 Å². The fraction of sp³-hybridized carbons (Fsp3) is 0.474. The number of aliphatic hydroxyl groups is 2. The molecule has 6 nitrogen and oxygen atoms in total. The lowest BCUT2D eigenvalue weighted by molar-refractivity contribution is -0.117. The Morgan fingerprint density at radius 2 is 1.92 bits per heavy atom. The zero-order valence-corrected chi connectivity index (χ0v) is 14.5. The van der Waals surface area contributed by atoms with Crippen LogP contribution in [0.4, 0.5) is 5.69 Å². The van der Waals surface area contributed by atoms with Gasteiger partial charge < -0.3 is 20.4 Å². The maximum Gasteiger partial charge on any atom is 0.262 e. The maximum atomic E-state index is 12.1. The first kappa shape index (κ1) is 19.0. The average Bonchev–Trinajstić information content (AvgIpc) is 2.67. The monoisotopic (exact) mass is 343 g/mol. The molecule has 0 spiro atoms. The van der Waals surface area contributed by atoms with Crippen molar-refractivity contribution >= 4 is 17.2 Å². The number of benzene rings is 1. The highest BCUT2D eigenvalue weighted by atomic mass is 16.3. The number of aliphatic hydroxyl groups excluding tert-OH is 2. The average molecular weight is 343 g/mol. The van der Waals surface area contributed by atoms with E-state index >= 15 is 0 Å². The van der Waals surface area contributed by atoms with Crippen molar-refractivity contribution in [3.8, 4) is 6.07 Å². The van der Waals surface area contributed by atoms with Crippen LogP contribution in [0.2, 0.25) is 0 Å². The summed E-state index contributed by atoms with van der Waals surface area (Å²) < 4.78 is 0. The molecule has 2 rings (SSSR count). The first-order valence-corrected chi connectivity index (χ1v) is 8.60. The van der Waals surface area contributed by atoms with Crippen LogP contribution in [0.1, 0.15) is 31.7 Å². The van der Waals surface area contributed by atoms with Crippen LogP contribution in [0.15, 0.2) is 29.8 Å². The molecular formula is C19H25N3O3. The van der Waals surface area contributed by atoms with Crippen molar-refractivity contribution in [2.75, 3.05) is 31.1 Å². The summed E-state index contributed by atoms with van der Waals surface area (Å²) in [4.78, 5) is 14.5. The molecule has 0 aliphatic carbocycles. The number of nitrogens with one attached hydrogen (secondary N) is 1. The zero-order chi connectivity index (χ0) is 18.2. The number of carbonyl (C=O) groups excluding carboxylic acids is 1. The highest BCUT2D eigenvalue weighted by molar-refractivity contribution is 6.04. The standard InChI is InChI=1S/C19H25N3O3/c1-14(18(11-20)19(25)21-12-17(24)13-23)15-5-7-16(8-6-15)22-9-3-2-4-10-22/h5-8,17,23-24H,2-4,9-10,12-13H2,1H3,(H,21,25)/b18-14+. The molecule has 0 radical (unpaired) electrons. The lowest BCUT2D eigenvalue weighted by Gasteiger charge is -2.28. The highest BCUT2D eigenvalue weighted by Crippen LogP contribution is 2.24. The molecule has 1 heterocycles. The van der Waals surface area contributed by atoms with E-state index in [1.807, 2.05) is 30.3 Å². The van der Waals surface area contributed by atoms with Gasteiger partial charge in [-0.15, -0.1) is 0 Å². The van der Waals surface area contributed by atoms with Crippen LogP contribution in [0.25, 0.3) is 5.57 Å². The molecule has 0 saturated carbocycles. The minimum atomic E-state index is -1.03. The first-order chi connectivity index (χ1) is 12.1. The third kappa shape index (κ3) is 5.05. The van der Waals surface area contributed by atoms with Gasteiger partial charge in [-0.3, -0.25) is 4.79 Å². The van der Waals surface area contributed by atoms with Crippen molar-refractivity contribution in [1.82, 2.24) is 5.32 Å². The molecule has 3 N–H and O–H groups in total. The number of hydrogen-bond donors (Lipinski definition) is 3. The van der Waals surface area contributed by atoms with Crippen molar-refractivity contribution in [1.29, 1.82) is 5.26 Å². The van der Waals surface area contributed by atoms with E-state index in [4.69, 9.17) is 5.11 Å². The van der Waals surface area contributed by atoms with Crippen molar-refractivity contribution in [3.63, 3.8) is 0 Å². The minimum Gasteiger partial charge on any atom is -0.394 e. The predicted octanol–water partition coefficient (Wildman–Crippen LogP) is 1.44. The molecule has 1 amide bonds. The van der Waals surface area contributed by atoms with Gasteiger partial charge in [-0.05, 0) is 49.5 Å². The number of nitriles is 1. The molecule has 1 aromatic rings. The SMILES string of the molecule is C/C(=C(/C#N)C(=O)NCC(O)CO)c1ccc(N2CCCCC2)cc1. The van der Waals surface area contributed by atoms with Gasteiger partial charge in [-0.25, -0.2) is 0 Å². The highest BCUT2D eigenvalue weighted by Gasteiger charge is 2.16. The van der Waals surface area contributed by atoms with Crippen molar-refractivity contribution < 1.29 is 15.0 Å². The summed E-state index contributed by atoms with van der Waals surface area (Å²) in [6, 6.07) is 9.82. The van der Waals surface area contributed by atoms with E-state index in [0.29, 0.717) is 5.57 Å². The number of piperidine rings is 1. The Balaban J connectivity index is 2.12. The third-order valence-corrected chi connectivity index (χ3v) is 4.44. The summed E-state index contributed by atoms with van der Waals surface area (Å²) in [5, 5.41) is 29.9. The summed E-state index contributed by atoms with van der Waals surface area (Å²) in [5.41, 5.74) is 2.57. The molecule has 1 aliphatic rings. The van der Waals surface area contributed by atoms with Crippen LogP contribution < -0.4 is 10.2 Å². The van der Waals surface area contributed by atoms with E-state index in [1.165, 1.54) is 19.3 Å². The van der Waals surface area contributed by atoms with Gasteiger partial charge in [0.15, 0.2) is 0 Å². The Morgan fingerprint density at radius 1 is 1.28 bits per heavy atom. The molecule has 0 bridgehead atoms. The number of rotatable bonds is 6. The van der Waals surface area contributed by atoms with Crippen molar-refractivity contribution in [3.05, 3.63) is 35.4 Å². The zero-order valence-electron chi connectivity index (χ0n) is 14.5. The molecule has 1 atom stereocenters. The molecule has 1 aromatic carbocycles. The van der Waals surface area contributed by atoms with Gasteiger partial charge >= 0.3 is 0 Å². The van der Waals surface area contributed by atoms with E-state index in [-0.39, 0.29) is 12.1 Å². The fourth-order valence-corrected chi connectivity index (χ4v) is 2.89. The van der Waals surface area contributed by atoms with Gasteiger partial charge in [0.1, 0.15) is 11.6 Å². The van der Waals surface area contributed by atoms with Gasteiger partial charge in [-0.1, -0.05) is 12.1 Å². The Labute approximate surface area is 148 Å². The predicted molar refractivity (Wildman–Crippen MR) is 96.8 cm³/mol. The lowest BCUT2D eigenvalue weighted by atomic mass is 10.0. The van der Waals surface area contributed by atoms with Gasteiger partial charge in [0.25, 0.3) is 5.91 Å². The van der Waals surface area contributed by atoms with E-state index in [9.17, 15) is 15.2 Å². The van der Waals surface area contributed by atoms with Crippen molar-refractivity contribution in [2.24, 2.45) is 0 Å². The van der Waals surface area contributed by atoms with Crippen molar-refractivity contribution in [2.45, 2.75) is 32.3 Å². The Bertz CT molecular complexity index is 655. The molecule has 134 valence electrons. The summed E-state index contributed by atoms with van der Waals surface area (Å²) in [7, 11) is 0. The largest absolute Gasteiger partial charge is 0.394 e. The van der Waals surface area contributed by atoms with Crippen LogP contribution in [-0.2, 0) is 4.79 Å². The van der Waals surface area contributed by atoms with E-state index in [2.05, 4.69) is 10.2 Å². The Hall–Kier alpha value is -2.36. The fourth-order valence-electron chi connectivity index (χ4n) is 2.89. The summed E-state index contributed by atoms with van der Waals surface area (Å²) >= 11 is 0.